The van der Waals surface area contributed by atoms with E-state index >= 15 is 0 Å². The molecule has 2 aromatic rings. The van der Waals surface area contributed by atoms with Crippen LogP contribution in [0.2, 0.25) is 0 Å². The Bertz CT molecular complexity index is 879. The van der Waals surface area contributed by atoms with Gasteiger partial charge in [-0.2, -0.15) is 4.31 Å². The van der Waals surface area contributed by atoms with Gasteiger partial charge in [0.25, 0.3) is 10.0 Å². The molecule has 1 saturated heterocycles. The minimum Gasteiger partial charge on any atom is -0.351 e. The molecular weight excluding hydrogens is 364 g/mol. The Morgan fingerprint density at radius 1 is 1.26 bits per heavy atom. The minimum absolute atomic E-state index is 0.0279. The highest BCUT2D eigenvalue weighted by atomic mass is 32.2. The zero-order valence-electron chi connectivity index (χ0n) is 15.7. The van der Waals surface area contributed by atoms with Crippen LogP contribution >= 0.6 is 0 Å². The van der Waals surface area contributed by atoms with E-state index in [1.54, 1.807) is 11.6 Å². The molecule has 27 heavy (non-hydrogen) atoms. The summed E-state index contributed by atoms with van der Waals surface area (Å²) in [4.78, 5) is 16.3. The van der Waals surface area contributed by atoms with E-state index in [9.17, 15) is 13.2 Å². The van der Waals surface area contributed by atoms with Gasteiger partial charge in [-0.3, -0.25) is 4.79 Å². The van der Waals surface area contributed by atoms with Gasteiger partial charge >= 0.3 is 0 Å². The molecule has 0 radical (unpaired) electrons. The highest BCUT2D eigenvalue weighted by Crippen LogP contribution is 2.31. The number of imidazole rings is 1. The molecule has 1 aromatic heterocycles. The Labute approximate surface area is 160 Å². The number of hydrogen-bond acceptors (Lipinski definition) is 4. The predicted molar refractivity (Wildman–Crippen MR) is 103 cm³/mol. The maximum Gasteiger partial charge on any atom is 0.262 e. The predicted octanol–water partition coefficient (Wildman–Crippen LogP) is 1.88. The van der Waals surface area contributed by atoms with Crippen molar-refractivity contribution in [3.8, 4) is 0 Å². The number of aryl methyl sites for hydroxylation is 1. The fourth-order valence-corrected chi connectivity index (χ4v) is 4.88. The van der Waals surface area contributed by atoms with Crippen LogP contribution in [-0.4, -0.2) is 47.3 Å². The van der Waals surface area contributed by atoms with Gasteiger partial charge in [0.05, 0.1) is 12.4 Å². The minimum atomic E-state index is -3.69. The first-order valence-electron chi connectivity index (χ1n) is 9.24. The molecule has 7 nitrogen and oxygen atoms in total. The second kappa shape index (κ2) is 8.22. The average Bonchev–Trinajstić information content (AvgIpc) is 3.28. The van der Waals surface area contributed by atoms with Crippen molar-refractivity contribution >= 4 is 15.9 Å². The van der Waals surface area contributed by atoms with Gasteiger partial charge in [0, 0.05) is 38.7 Å². The SMILES string of the molecule is CCCCC(=O)N[C@H]1CN(S(=O)(=O)c2cn(C)cn2)C[C@@H]1c1ccccc1. The second-order valence-corrected chi connectivity index (χ2v) is 8.88. The Kier molecular flexibility index (Phi) is 5.96. The van der Waals surface area contributed by atoms with E-state index < -0.39 is 10.0 Å². The monoisotopic (exact) mass is 390 g/mol. The van der Waals surface area contributed by atoms with Crippen LogP contribution in [0.15, 0.2) is 47.9 Å². The number of unbranched alkanes of at least 4 members (excludes halogenated alkanes) is 1. The molecule has 0 aliphatic carbocycles. The molecule has 1 aliphatic heterocycles. The number of aromatic nitrogens is 2. The molecule has 3 rings (SSSR count). The van der Waals surface area contributed by atoms with E-state index in [1.165, 1.54) is 16.8 Å². The number of carbonyl (C=O) groups is 1. The van der Waals surface area contributed by atoms with Gasteiger partial charge in [0.15, 0.2) is 5.03 Å². The standard InChI is InChI=1S/C19H26N4O3S/c1-3-4-10-18(24)21-17-12-23(11-16(17)15-8-6-5-7-9-15)27(25,26)19-13-22(2)14-20-19/h5-9,13-14,16-17H,3-4,10-12H2,1-2H3,(H,21,24)/t16-,17+/m1/s1. The molecule has 8 heteroatoms. The molecular formula is C19H26N4O3S. The molecule has 2 atom stereocenters. The zero-order valence-corrected chi connectivity index (χ0v) is 16.5. The summed E-state index contributed by atoms with van der Waals surface area (Å²) in [6, 6.07) is 9.49. The number of benzene rings is 1. The Morgan fingerprint density at radius 3 is 2.63 bits per heavy atom. The highest BCUT2D eigenvalue weighted by molar-refractivity contribution is 7.89. The van der Waals surface area contributed by atoms with Crippen molar-refractivity contribution in [3.05, 3.63) is 48.4 Å². The Hall–Kier alpha value is -2.19. The van der Waals surface area contributed by atoms with Crippen LogP contribution in [-0.2, 0) is 21.9 Å². The second-order valence-electron chi connectivity index (χ2n) is 6.99. The summed E-state index contributed by atoms with van der Waals surface area (Å²) in [6.07, 6.45) is 5.20. The van der Waals surface area contributed by atoms with Gasteiger partial charge in [-0.1, -0.05) is 43.7 Å². The maximum atomic E-state index is 13.0. The number of hydrogen-bond donors (Lipinski definition) is 1. The van der Waals surface area contributed by atoms with E-state index in [0.29, 0.717) is 13.0 Å². The van der Waals surface area contributed by atoms with Crippen molar-refractivity contribution in [1.29, 1.82) is 0 Å². The summed E-state index contributed by atoms with van der Waals surface area (Å²) >= 11 is 0. The number of carbonyl (C=O) groups excluding carboxylic acids is 1. The summed E-state index contributed by atoms with van der Waals surface area (Å²) in [5.74, 6) is -0.116. The summed E-state index contributed by atoms with van der Waals surface area (Å²) in [5, 5.41) is 3.09. The Balaban J connectivity index is 1.83. The zero-order chi connectivity index (χ0) is 19.4. The number of nitrogens with one attached hydrogen (secondary N) is 1. The number of nitrogens with zero attached hydrogens (tertiary/aromatic N) is 3. The molecule has 0 bridgehead atoms. The normalized spacial score (nSPS) is 20.7. The first kappa shape index (κ1) is 19.6. The lowest BCUT2D eigenvalue weighted by atomic mass is 9.94. The summed E-state index contributed by atoms with van der Waals surface area (Å²) in [7, 11) is -1.96. The lowest BCUT2D eigenvalue weighted by molar-refractivity contribution is -0.121. The van der Waals surface area contributed by atoms with Gasteiger partial charge in [-0.25, -0.2) is 13.4 Å². The molecule has 146 valence electrons. The first-order valence-corrected chi connectivity index (χ1v) is 10.7. The van der Waals surface area contributed by atoms with Crippen LogP contribution in [0.5, 0.6) is 0 Å². The van der Waals surface area contributed by atoms with Crippen molar-refractivity contribution in [3.63, 3.8) is 0 Å². The molecule has 1 fully saturated rings. The van der Waals surface area contributed by atoms with Crippen LogP contribution in [0, 0.1) is 0 Å². The van der Waals surface area contributed by atoms with E-state index in [-0.39, 0.29) is 29.4 Å². The lowest BCUT2D eigenvalue weighted by Gasteiger charge is -2.20. The van der Waals surface area contributed by atoms with Crippen molar-refractivity contribution in [1.82, 2.24) is 19.2 Å². The van der Waals surface area contributed by atoms with Crippen LogP contribution in [0.25, 0.3) is 0 Å². The van der Waals surface area contributed by atoms with Crippen molar-refractivity contribution in [2.24, 2.45) is 7.05 Å². The molecule has 1 aromatic carbocycles. The highest BCUT2D eigenvalue weighted by Gasteiger charge is 2.41. The van der Waals surface area contributed by atoms with Crippen LogP contribution in [0.1, 0.15) is 37.7 Å². The first-order chi connectivity index (χ1) is 12.9. The van der Waals surface area contributed by atoms with Crippen molar-refractivity contribution in [2.45, 2.75) is 43.2 Å². The van der Waals surface area contributed by atoms with Gasteiger partial charge in [0.1, 0.15) is 0 Å². The number of amides is 1. The van der Waals surface area contributed by atoms with Gasteiger partial charge in [-0.05, 0) is 12.0 Å². The smallest absolute Gasteiger partial charge is 0.262 e. The van der Waals surface area contributed by atoms with Crippen LogP contribution in [0.3, 0.4) is 0 Å². The molecule has 2 heterocycles. The molecule has 0 spiro atoms. The topological polar surface area (TPSA) is 84.3 Å². The van der Waals surface area contributed by atoms with E-state index in [4.69, 9.17) is 0 Å². The lowest BCUT2D eigenvalue weighted by Crippen LogP contribution is -2.40. The van der Waals surface area contributed by atoms with Gasteiger partial charge in [0.2, 0.25) is 5.91 Å². The summed E-state index contributed by atoms with van der Waals surface area (Å²) in [6.45, 7) is 2.61. The number of rotatable bonds is 7. The molecule has 0 unspecified atom stereocenters. The fourth-order valence-electron chi connectivity index (χ4n) is 3.42. The fraction of sp³-hybridized carbons (Fsp3) is 0.474. The molecule has 1 N–H and O–H groups in total. The Morgan fingerprint density at radius 2 is 2.00 bits per heavy atom. The van der Waals surface area contributed by atoms with Crippen molar-refractivity contribution < 1.29 is 13.2 Å². The summed E-state index contributed by atoms with van der Waals surface area (Å²) < 4.78 is 29.0. The average molecular weight is 391 g/mol. The van der Waals surface area contributed by atoms with Gasteiger partial charge in [-0.15, -0.1) is 0 Å². The van der Waals surface area contributed by atoms with Crippen LogP contribution < -0.4 is 5.32 Å². The maximum absolute atomic E-state index is 13.0. The molecule has 1 aliphatic rings. The third-order valence-corrected chi connectivity index (χ3v) is 6.62. The van der Waals surface area contributed by atoms with Crippen LogP contribution in [0.4, 0.5) is 0 Å². The van der Waals surface area contributed by atoms with E-state index in [1.807, 2.05) is 37.3 Å². The van der Waals surface area contributed by atoms with Crippen molar-refractivity contribution in [2.75, 3.05) is 13.1 Å². The quantitative estimate of drug-likeness (QED) is 0.782. The number of sulfonamides is 1. The van der Waals surface area contributed by atoms with Gasteiger partial charge < -0.3 is 9.88 Å². The largest absolute Gasteiger partial charge is 0.351 e. The third-order valence-electron chi connectivity index (χ3n) is 4.90. The molecule has 1 amide bonds. The summed E-state index contributed by atoms with van der Waals surface area (Å²) in [5.41, 5.74) is 1.03. The third kappa shape index (κ3) is 4.39. The van der Waals surface area contributed by atoms with E-state index in [0.717, 1.165) is 18.4 Å². The van der Waals surface area contributed by atoms with E-state index in [2.05, 4.69) is 10.3 Å². The molecule has 0 saturated carbocycles.